The van der Waals surface area contributed by atoms with Gasteiger partial charge in [0.2, 0.25) is 0 Å². The van der Waals surface area contributed by atoms with Gasteiger partial charge in [-0.25, -0.2) is 4.98 Å². The number of H-pyrrole nitrogens is 1. The Labute approximate surface area is 150 Å². The van der Waals surface area contributed by atoms with E-state index in [-0.39, 0.29) is 0 Å². The topological polar surface area (TPSA) is 48.9 Å². The number of nitrogens with zero attached hydrogens (tertiary/aromatic N) is 1. The molecule has 0 aliphatic heterocycles. The zero-order valence-electron chi connectivity index (χ0n) is 12.9. The minimum absolute atomic E-state index is 0.308. The van der Waals surface area contributed by atoms with Gasteiger partial charge in [-0.1, -0.05) is 46.3 Å². The lowest BCUT2D eigenvalue weighted by Crippen LogP contribution is -2.05. The van der Waals surface area contributed by atoms with Crippen molar-refractivity contribution in [1.29, 1.82) is 0 Å². The van der Waals surface area contributed by atoms with Crippen LogP contribution in [0.25, 0.3) is 11.3 Å². The highest BCUT2D eigenvalue weighted by atomic mass is 79.9. The van der Waals surface area contributed by atoms with Gasteiger partial charge in [-0.3, -0.25) is 0 Å². The SMILES string of the molecule is OC(Cc1ccccc1Br)c1ncc(-c2cccc(C(F)(F)F)c2)[nH]1. The van der Waals surface area contributed by atoms with Crippen molar-refractivity contribution in [3.8, 4) is 11.3 Å². The van der Waals surface area contributed by atoms with E-state index in [0.717, 1.165) is 22.2 Å². The van der Waals surface area contributed by atoms with E-state index in [9.17, 15) is 18.3 Å². The molecule has 1 aromatic heterocycles. The first-order valence-electron chi connectivity index (χ1n) is 7.48. The first-order chi connectivity index (χ1) is 11.8. The van der Waals surface area contributed by atoms with E-state index in [1.165, 1.54) is 12.3 Å². The van der Waals surface area contributed by atoms with Gasteiger partial charge in [0, 0.05) is 16.5 Å². The lowest BCUT2D eigenvalue weighted by molar-refractivity contribution is -0.137. The fraction of sp³-hybridized carbons (Fsp3) is 0.167. The summed E-state index contributed by atoms with van der Waals surface area (Å²) >= 11 is 3.42. The maximum Gasteiger partial charge on any atom is 0.416 e. The first-order valence-corrected chi connectivity index (χ1v) is 8.28. The van der Waals surface area contributed by atoms with Gasteiger partial charge in [-0.2, -0.15) is 13.2 Å². The number of rotatable bonds is 4. The number of alkyl halides is 3. The number of hydrogen-bond acceptors (Lipinski definition) is 2. The zero-order valence-corrected chi connectivity index (χ0v) is 14.5. The molecule has 1 unspecified atom stereocenters. The van der Waals surface area contributed by atoms with Crippen LogP contribution in [0.4, 0.5) is 13.2 Å². The number of imidazole rings is 1. The van der Waals surface area contributed by atoms with E-state index in [1.807, 2.05) is 24.3 Å². The fourth-order valence-corrected chi connectivity index (χ4v) is 2.93. The second-order valence-corrected chi connectivity index (χ2v) is 6.43. The number of nitrogens with one attached hydrogen (secondary N) is 1. The predicted molar refractivity (Wildman–Crippen MR) is 91.8 cm³/mol. The number of aliphatic hydroxyl groups is 1. The Kier molecular flexibility index (Phi) is 4.96. The average molecular weight is 411 g/mol. The number of aromatic nitrogens is 2. The molecule has 3 aromatic rings. The van der Waals surface area contributed by atoms with Crippen LogP contribution in [0.15, 0.2) is 59.2 Å². The molecule has 1 atom stereocenters. The van der Waals surface area contributed by atoms with E-state index < -0.39 is 17.8 Å². The molecule has 130 valence electrons. The highest BCUT2D eigenvalue weighted by Crippen LogP contribution is 2.32. The van der Waals surface area contributed by atoms with Crippen LogP contribution >= 0.6 is 15.9 Å². The molecule has 1 heterocycles. The van der Waals surface area contributed by atoms with Gasteiger partial charge in [0.15, 0.2) is 0 Å². The molecule has 0 spiro atoms. The van der Waals surface area contributed by atoms with E-state index in [0.29, 0.717) is 23.5 Å². The second-order valence-electron chi connectivity index (χ2n) is 5.57. The van der Waals surface area contributed by atoms with Crippen LogP contribution in [-0.4, -0.2) is 15.1 Å². The smallest absolute Gasteiger partial charge is 0.385 e. The maximum atomic E-state index is 12.8. The monoisotopic (exact) mass is 410 g/mol. The Morgan fingerprint density at radius 3 is 2.60 bits per heavy atom. The maximum absolute atomic E-state index is 12.8. The van der Waals surface area contributed by atoms with Gasteiger partial charge >= 0.3 is 6.18 Å². The summed E-state index contributed by atoms with van der Waals surface area (Å²) in [4.78, 5) is 7.01. The van der Waals surface area contributed by atoms with Gasteiger partial charge in [0.1, 0.15) is 11.9 Å². The van der Waals surface area contributed by atoms with Gasteiger partial charge in [0.25, 0.3) is 0 Å². The average Bonchev–Trinajstić information content (AvgIpc) is 3.06. The summed E-state index contributed by atoms with van der Waals surface area (Å²) in [5.74, 6) is 0.308. The fourth-order valence-electron chi connectivity index (χ4n) is 2.48. The Balaban J connectivity index is 1.82. The molecule has 0 radical (unpaired) electrons. The summed E-state index contributed by atoms with van der Waals surface area (Å²) in [6, 6.07) is 12.5. The molecule has 2 aromatic carbocycles. The second kappa shape index (κ2) is 7.01. The van der Waals surface area contributed by atoms with Gasteiger partial charge < -0.3 is 10.1 Å². The standard InChI is InChI=1S/C18H14BrF3N2O/c19-14-7-2-1-4-11(14)9-16(25)17-23-10-15(24-17)12-5-3-6-13(8-12)18(20,21)22/h1-8,10,16,25H,9H2,(H,23,24). The van der Waals surface area contributed by atoms with Crippen molar-refractivity contribution in [2.24, 2.45) is 0 Å². The van der Waals surface area contributed by atoms with Crippen molar-refractivity contribution in [3.05, 3.63) is 76.2 Å². The van der Waals surface area contributed by atoms with E-state index >= 15 is 0 Å². The summed E-state index contributed by atoms with van der Waals surface area (Å²) < 4.78 is 39.4. The third-order valence-corrected chi connectivity index (χ3v) is 4.56. The minimum Gasteiger partial charge on any atom is -0.385 e. The molecule has 7 heteroatoms. The van der Waals surface area contributed by atoms with Gasteiger partial charge in [-0.05, 0) is 23.8 Å². The van der Waals surface area contributed by atoms with Crippen molar-refractivity contribution in [2.75, 3.05) is 0 Å². The molecular formula is C18H14BrF3N2O. The molecule has 0 bridgehead atoms. The Hall–Kier alpha value is -2.12. The molecule has 2 N–H and O–H groups in total. The summed E-state index contributed by atoms with van der Waals surface area (Å²) in [7, 11) is 0. The molecule has 0 amide bonds. The highest BCUT2D eigenvalue weighted by Gasteiger charge is 2.30. The van der Waals surface area contributed by atoms with Gasteiger partial charge in [-0.15, -0.1) is 0 Å². The molecule has 0 aliphatic carbocycles. The van der Waals surface area contributed by atoms with Crippen molar-refractivity contribution < 1.29 is 18.3 Å². The molecule has 0 fully saturated rings. The Morgan fingerprint density at radius 1 is 1.12 bits per heavy atom. The van der Waals surface area contributed by atoms with Crippen molar-refractivity contribution in [3.63, 3.8) is 0 Å². The molecule has 0 aliphatic rings. The normalized spacial score (nSPS) is 13.0. The lowest BCUT2D eigenvalue weighted by Gasteiger charge is -2.10. The Morgan fingerprint density at radius 2 is 1.88 bits per heavy atom. The summed E-state index contributed by atoms with van der Waals surface area (Å²) in [6.45, 7) is 0. The molecule has 3 nitrogen and oxygen atoms in total. The highest BCUT2D eigenvalue weighted by molar-refractivity contribution is 9.10. The number of benzene rings is 2. The van der Waals surface area contributed by atoms with Crippen molar-refractivity contribution in [2.45, 2.75) is 18.7 Å². The third-order valence-electron chi connectivity index (χ3n) is 3.78. The molecule has 0 saturated carbocycles. The van der Waals surface area contributed by atoms with Crippen LogP contribution in [-0.2, 0) is 12.6 Å². The van der Waals surface area contributed by atoms with Crippen LogP contribution in [0.5, 0.6) is 0 Å². The molecule has 25 heavy (non-hydrogen) atoms. The number of halogens is 4. The van der Waals surface area contributed by atoms with Crippen LogP contribution in [0.1, 0.15) is 23.1 Å². The summed E-state index contributed by atoms with van der Waals surface area (Å²) in [5, 5.41) is 10.3. The number of aliphatic hydroxyl groups excluding tert-OH is 1. The summed E-state index contributed by atoms with van der Waals surface area (Å²) in [6.07, 6.45) is -3.54. The minimum atomic E-state index is -4.40. The van der Waals surface area contributed by atoms with Crippen molar-refractivity contribution in [1.82, 2.24) is 9.97 Å². The molecule has 3 rings (SSSR count). The molecular weight excluding hydrogens is 397 g/mol. The number of hydrogen-bond donors (Lipinski definition) is 2. The van der Waals surface area contributed by atoms with E-state index in [1.54, 1.807) is 6.07 Å². The summed E-state index contributed by atoms with van der Waals surface area (Å²) in [5.41, 5.74) is 0.968. The quantitative estimate of drug-likeness (QED) is 0.625. The zero-order chi connectivity index (χ0) is 18.0. The van der Waals surface area contributed by atoms with Crippen LogP contribution < -0.4 is 0 Å². The largest absolute Gasteiger partial charge is 0.416 e. The van der Waals surface area contributed by atoms with E-state index in [4.69, 9.17) is 0 Å². The van der Waals surface area contributed by atoms with Crippen LogP contribution in [0, 0.1) is 0 Å². The molecule has 0 saturated heterocycles. The predicted octanol–water partition coefficient (Wildman–Crippen LogP) is 5.13. The van der Waals surface area contributed by atoms with Crippen LogP contribution in [0.2, 0.25) is 0 Å². The van der Waals surface area contributed by atoms with Crippen LogP contribution in [0.3, 0.4) is 0 Å². The van der Waals surface area contributed by atoms with Gasteiger partial charge in [0.05, 0.1) is 17.5 Å². The van der Waals surface area contributed by atoms with Crippen molar-refractivity contribution >= 4 is 15.9 Å². The van der Waals surface area contributed by atoms with E-state index in [2.05, 4.69) is 25.9 Å². The lowest BCUT2D eigenvalue weighted by atomic mass is 10.1. The number of aromatic amines is 1. The first kappa shape index (κ1) is 17.7. The third kappa shape index (κ3) is 4.11. The Bertz CT molecular complexity index is 877.